The zero-order valence-electron chi connectivity index (χ0n) is 58.9. The number of rotatable bonds is 21. The summed E-state index contributed by atoms with van der Waals surface area (Å²) in [6.45, 7) is 0.970. The molecule has 9 aromatic carbocycles. The molecule has 0 spiro atoms. The fourth-order valence-corrected chi connectivity index (χ4v) is 12.7. The summed E-state index contributed by atoms with van der Waals surface area (Å²) >= 11 is 7.29. The molecule has 0 aliphatic carbocycles. The minimum Gasteiger partial charge on any atom is -0.773 e. The summed E-state index contributed by atoms with van der Waals surface area (Å²) in [4.78, 5) is 36.6. The summed E-state index contributed by atoms with van der Waals surface area (Å²) in [5.41, 5.74) is 21.9. The third-order valence-corrected chi connectivity index (χ3v) is 17.6. The van der Waals surface area contributed by atoms with Gasteiger partial charge in [-0.3, -0.25) is 24.4 Å². The quantitative estimate of drug-likeness (QED) is 0.0114. The Balaban J connectivity index is 0.000000348. The first-order valence-electron chi connectivity index (χ1n) is 31.2. The van der Waals surface area contributed by atoms with Gasteiger partial charge in [-0.25, -0.2) is 53.6 Å². The summed E-state index contributed by atoms with van der Waals surface area (Å²) < 4.78 is 118. The van der Waals surface area contributed by atoms with Crippen LogP contribution in [0.15, 0.2) is 255 Å². The molecule has 1 atom stereocenters. The van der Waals surface area contributed by atoms with Crippen LogP contribution in [-0.2, 0) is 92.0 Å². The average Bonchev–Trinajstić information content (AvgIpc) is 0.827. The molecule has 108 heavy (non-hydrogen) atoms. The van der Waals surface area contributed by atoms with Gasteiger partial charge >= 0.3 is 29.6 Å². The van der Waals surface area contributed by atoms with Gasteiger partial charge in [0.15, 0.2) is 39.3 Å². The Kier molecular flexibility index (Phi) is 40.2. The third kappa shape index (κ3) is 38.9. The number of anilines is 4. The van der Waals surface area contributed by atoms with E-state index in [9.17, 15) is 53.9 Å². The molecule has 0 aliphatic heterocycles. The van der Waals surface area contributed by atoms with Crippen molar-refractivity contribution in [2.24, 2.45) is 0 Å². The molecule has 33 heteroatoms. The Morgan fingerprint density at radius 1 is 0.454 bits per heavy atom. The Hall–Kier alpha value is -9.38. The number of hydrogen-bond donors (Lipinski definition) is 3. The summed E-state index contributed by atoms with van der Waals surface area (Å²) in [7, 11) is -12.1. The molecule has 0 saturated heterocycles. The van der Waals surface area contributed by atoms with Crippen LogP contribution in [0.3, 0.4) is 0 Å². The molecule has 0 saturated carbocycles. The fourth-order valence-electron chi connectivity index (χ4n) is 9.11. The number of nitrogens with one attached hydrogen (secondary N) is 1. The smallest absolute Gasteiger partial charge is 0.773 e. The monoisotopic (exact) mass is 1660 g/mol. The van der Waals surface area contributed by atoms with Crippen LogP contribution >= 0.6 is 27.5 Å². The van der Waals surface area contributed by atoms with Crippen molar-refractivity contribution < 1.29 is 91.3 Å². The van der Waals surface area contributed by atoms with E-state index < -0.39 is 60.3 Å². The minimum absolute atomic E-state index is 0. The summed E-state index contributed by atoms with van der Waals surface area (Å²) in [5.74, 6) is 2.03. The van der Waals surface area contributed by atoms with Crippen LogP contribution < -0.4 is 55.8 Å². The van der Waals surface area contributed by atoms with Crippen molar-refractivity contribution in [1.82, 2.24) is 19.9 Å². The Labute approximate surface area is 668 Å². The standard InChI is InChI=1S/C25H23N3O3S.C17H13ClN2O.C8H9NO4S.2C8H11NO2S.C7H6BrNO2.CH4O2S.CH4.Na/c1-32(29,30)17-20-10-7-11-21(14-20)28-25-15-23(26-18-27-25)22-12-5-6-13-24(22)31-16-19-8-3-2-4-9-19;18-17-10-15(19-12-20-17)14-8-4-5-9-16(14)21-11-13-6-2-1-3-7-13;1-14(12,13)6-7-3-2-4-8(5-7)9(10)11;2*1-12(10,11)6-7-3-2-4-8(9)5-7;8-5-6-2-1-3-7(4-6)9(10)11;1-4(2)3;;/h2-15,18H,16-17H2,1H3,(H,26,27,28);1-10,12H,11H2;2-5H,6H2,1H3;2*2-5H,6,9H2,1H3;1-4H,5H2;1H3,(H,2,3);1H4;/q;;;;;;;;+1/p-1. The van der Waals surface area contributed by atoms with E-state index >= 15 is 0 Å². The maximum atomic E-state index is 11.6. The van der Waals surface area contributed by atoms with Crippen molar-refractivity contribution in [1.29, 1.82) is 0 Å². The van der Waals surface area contributed by atoms with Crippen molar-refractivity contribution in [2.45, 2.75) is 49.0 Å². The molecular formula is C75H80BrClN9NaO16S5. The van der Waals surface area contributed by atoms with E-state index in [4.69, 9.17) is 41.3 Å². The van der Waals surface area contributed by atoms with Gasteiger partial charge in [0.2, 0.25) is 0 Å². The zero-order valence-corrected chi connectivity index (χ0v) is 67.3. The number of nitrogen functional groups attached to an aromatic ring is 2. The Morgan fingerprint density at radius 2 is 0.787 bits per heavy atom. The first kappa shape index (κ1) is 92.8. The molecular weight excluding hydrogens is 1580 g/mol. The molecule has 0 amide bonds. The SMILES string of the molecule is C.CS(=O)(=O)Cc1cccc(N)c1.CS(=O)(=O)Cc1cccc(N)c1.CS(=O)(=O)Cc1cccc(Nc2cc(-c3ccccc3OCc3ccccc3)ncn2)c1.CS(=O)(=O)Cc1cccc([N+](=O)[O-])c1.CS(=O)[O-].Clc1cc(-c2ccccc2OCc2ccccc2)ncn1.O=[N+]([O-])c1cccc(CBr)c1.[Na+]. The number of nitro groups is 2. The minimum atomic E-state index is -3.14. The van der Waals surface area contributed by atoms with Gasteiger partial charge in [0, 0.05) is 94.9 Å². The maximum absolute atomic E-state index is 11.6. The number of benzene rings is 9. The third-order valence-electron chi connectivity index (χ3n) is 13.3. The first-order chi connectivity index (χ1) is 50.1. The second-order valence-corrected chi connectivity index (χ2v) is 33.4. The van der Waals surface area contributed by atoms with E-state index in [1.165, 1.54) is 55.7 Å². The summed E-state index contributed by atoms with van der Waals surface area (Å²) in [6, 6.07) is 72.3. The molecule has 2 heterocycles. The second-order valence-electron chi connectivity index (χ2n) is 23.0. The van der Waals surface area contributed by atoms with Gasteiger partial charge in [0.1, 0.15) is 48.3 Å². The van der Waals surface area contributed by atoms with Gasteiger partial charge in [0.25, 0.3) is 11.4 Å². The molecule has 1 unspecified atom stereocenters. The van der Waals surface area contributed by atoms with Crippen LogP contribution in [0.1, 0.15) is 46.4 Å². The predicted octanol–water partition coefficient (Wildman–Crippen LogP) is 11.8. The Bertz CT molecular complexity index is 5110. The number of halogens is 2. The van der Waals surface area contributed by atoms with E-state index in [1.54, 1.807) is 84.9 Å². The van der Waals surface area contributed by atoms with Crippen LogP contribution in [0.5, 0.6) is 11.5 Å². The number of ether oxygens (including phenoxy) is 2. The van der Waals surface area contributed by atoms with Crippen LogP contribution in [-0.4, -0.2) is 103 Å². The van der Waals surface area contributed by atoms with Crippen molar-refractivity contribution in [3.05, 3.63) is 320 Å². The van der Waals surface area contributed by atoms with Gasteiger partial charge in [0.05, 0.1) is 44.2 Å². The molecule has 25 nitrogen and oxygen atoms in total. The topological polar surface area (TPSA) is 397 Å². The number of nitro benzene ring substituents is 2. The number of alkyl halides is 1. The number of sulfone groups is 4. The molecule has 0 bridgehead atoms. The van der Waals surface area contributed by atoms with Gasteiger partial charge in [-0.05, 0) is 106 Å². The van der Waals surface area contributed by atoms with E-state index in [0.717, 1.165) is 80.0 Å². The van der Waals surface area contributed by atoms with Gasteiger partial charge < -0.3 is 30.8 Å². The van der Waals surface area contributed by atoms with E-state index in [0.29, 0.717) is 52.0 Å². The number of hydrogen-bond acceptors (Lipinski definition) is 23. The number of nitrogens with two attached hydrogens (primary N) is 2. The van der Waals surface area contributed by atoms with Crippen molar-refractivity contribution in [2.75, 3.05) is 48.1 Å². The molecule has 11 aromatic rings. The predicted molar refractivity (Wildman–Crippen MR) is 428 cm³/mol. The second kappa shape index (κ2) is 46.7. The zero-order chi connectivity index (χ0) is 77.9. The van der Waals surface area contributed by atoms with Crippen molar-refractivity contribution in [3.8, 4) is 34.0 Å². The Morgan fingerprint density at radius 3 is 1.18 bits per heavy atom. The number of non-ortho nitro benzene ring substituents is 2. The van der Waals surface area contributed by atoms with Crippen LogP contribution in [0.4, 0.5) is 34.3 Å². The molecule has 0 radical (unpaired) electrons. The normalized spacial score (nSPS) is 10.9. The molecule has 566 valence electrons. The number of para-hydroxylation sites is 2. The van der Waals surface area contributed by atoms with Gasteiger partial charge in [-0.2, -0.15) is 0 Å². The number of nitrogens with zero attached hydrogens (tertiary/aromatic N) is 6. The van der Waals surface area contributed by atoms with Gasteiger partial charge in [-0.1, -0.05) is 192 Å². The fraction of sp³-hybridized carbons (Fsp3) is 0.173. The molecule has 2 aromatic heterocycles. The van der Waals surface area contributed by atoms with E-state index in [1.807, 2.05) is 133 Å². The van der Waals surface area contributed by atoms with Crippen LogP contribution in [0.25, 0.3) is 22.5 Å². The number of aromatic nitrogens is 4. The average molecular weight is 1660 g/mol. The molecule has 0 aliphatic rings. The van der Waals surface area contributed by atoms with Crippen molar-refractivity contribution >= 4 is 112 Å². The van der Waals surface area contributed by atoms with E-state index in [-0.39, 0.29) is 71.4 Å². The summed E-state index contributed by atoms with van der Waals surface area (Å²) in [5, 5.41) is 24.9. The molecule has 0 fully saturated rings. The van der Waals surface area contributed by atoms with Gasteiger partial charge in [-0.15, -0.1) is 0 Å². The van der Waals surface area contributed by atoms with Crippen LogP contribution in [0.2, 0.25) is 5.15 Å². The molecule has 5 N–H and O–H groups in total. The largest absolute Gasteiger partial charge is 1.00 e. The first-order valence-corrected chi connectivity index (χ1v) is 42.4. The maximum Gasteiger partial charge on any atom is 1.00 e. The molecule has 11 rings (SSSR count). The van der Waals surface area contributed by atoms with E-state index in [2.05, 4.69) is 41.2 Å². The van der Waals surface area contributed by atoms with Crippen molar-refractivity contribution in [3.63, 3.8) is 0 Å². The van der Waals surface area contributed by atoms with Crippen LogP contribution in [0, 0.1) is 20.2 Å². The summed E-state index contributed by atoms with van der Waals surface area (Å²) in [6.07, 6.45) is 8.75.